The van der Waals surface area contributed by atoms with Crippen molar-refractivity contribution in [2.75, 3.05) is 56.0 Å². The van der Waals surface area contributed by atoms with E-state index in [1.807, 2.05) is 18.2 Å². The van der Waals surface area contributed by atoms with Crippen LogP contribution >= 0.6 is 11.3 Å². The SMILES string of the molecule is COC(=O)c1ccc(NS(=O)(=O)c2c(-c3ccnc(N4CCNCC4)c3)sc(C(=O)NCc3ccc(CN4CCCCC4)cc3)c2C)cc1. The maximum Gasteiger partial charge on any atom is 0.337 e. The molecular weight excluding hydrogens is 661 g/mol. The van der Waals surface area contributed by atoms with Crippen LogP contribution in [0.2, 0.25) is 0 Å². The zero-order valence-electron chi connectivity index (χ0n) is 27.8. The molecule has 2 aromatic carbocycles. The topological polar surface area (TPSA) is 133 Å². The molecule has 4 heterocycles. The van der Waals surface area contributed by atoms with Crippen molar-refractivity contribution in [3.8, 4) is 10.4 Å². The van der Waals surface area contributed by atoms with Gasteiger partial charge >= 0.3 is 5.97 Å². The van der Waals surface area contributed by atoms with Gasteiger partial charge < -0.3 is 20.3 Å². The van der Waals surface area contributed by atoms with E-state index in [-0.39, 0.29) is 16.5 Å². The number of sulfonamides is 1. The van der Waals surface area contributed by atoms with Crippen LogP contribution in [0.4, 0.5) is 11.5 Å². The fourth-order valence-electron chi connectivity index (χ4n) is 6.25. The zero-order valence-corrected chi connectivity index (χ0v) is 29.5. The highest BCUT2D eigenvalue weighted by atomic mass is 32.2. The molecule has 6 rings (SSSR count). The van der Waals surface area contributed by atoms with Crippen LogP contribution in [-0.4, -0.2) is 76.6 Å². The molecule has 1 amide bonds. The van der Waals surface area contributed by atoms with Gasteiger partial charge in [0, 0.05) is 51.2 Å². The Kier molecular flexibility index (Phi) is 10.9. The van der Waals surface area contributed by atoms with Crippen molar-refractivity contribution < 1.29 is 22.7 Å². The Bertz CT molecular complexity index is 1880. The smallest absolute Gasteiger partial charge is 0.337 e. The fourth-order valence-corrected chi connectivity index (χ4v) is 9.30. The van der Waals surface area contributed by atoms with E-state index in [0.29, 0.717) is 33.0 Å². The minimum absolute atomic E-state index is 0.0271. The van der Waals surface area contributed by atoms with E-state index in [1.54, 1.807) is 19.2 Å². The molecule has 0 saturated carbocycles. The summed E-state index contributed by atoms with van der Waals surface area (Å²) in [6.07, 6.45) is 5.47. The number of esters is 1. The highest BCUT2D eigenvalue weighted by Crippen LogP contribution is 2.41. The lowest BCUT2D eigenvalue weighted by atomic mass is 10.1. The predicted octanol–water partition coefficient (Wildman–Crippen LogP) is 5.03. The Balaban J connectivity index is 1.26. The Labute approximate surface area is 291 Å². The quantitative estimate of drug-likeness (QED) is 0.184. The van der Waals surface area contributed by atoms with Crippen LogP contribution in [0.15, 0.2) is 71.8 Å². The Hall–Kier alpha value is -4.30. The molecule has 11 nitrogen and oxygen atoms in total. The highest BCUT2D eigenvalue weighted by molar-refractivity contribution is 7.93. The summed E-state index contributed by atoms with van der Waals surface area (Å²) in [6, 6.07) is 17.9. The molecule has 0 bridgehead atoms. The number of pyridine rings is 1. The van der Waals surface area contributed by atoms with Crippen molar-refractivity contribution in [2.24, 2.45) is 0 Å². The second kappa shape index (κ2) is 15.5. The van der Waals surface area contributed by atoms with Crippen LogP contribution in [0.1, 0.15) is 56.0 Å². The number of ether oxygens (including phenoxy) is 1. The van der Waals surface area contributed by atoms with E-state index >= 15 is 0 Å². The molecule has 13 heteroatoms. The molecule has 2 aliphatic heterocycles. The molecule has 2 fully saturated rings. The number of nitrogens with zero attached hydrogens (tertiary/aromatic N) is 3. The number of carbonyl (C=O) groups excluding carboxylic acids is 2. The number of piperazine rings is 1. The van der Waals surface area contributed by atoms with Gasteiger partial charge in [0.1, 0.15) is 10.7 Å². The molecular formula is C36H42N6O5S2. The van der Waals surface area contributed by atoms with Gasteiger partial charge in [-0.05, 0) is 91.5 Å². The molecule has 2 saturated heterocycles. The van der Waals surface area contributed by atoms with E-state index in [9.17, 15) is 18.0 Å². The molecule has 49 heavy (non-hydrogen) atoms. The van der Waals surface area contributed by atoms with Gasteiger partial charge in [0.25, 0.3) is 15.9 Å². The molecule has 0 radical (unpaired) electrons. The molecule has 0 atom stereocenters. The van der Waals surface area contributed by atoms with Gasteiger partial charge in [-0.25, -0.2) is 18.2 Å². The normalized spacial score (nSPS) is 15.5. The van der Waals surface area contributed by atoms with Crippen LogP contribution in [0.25, 0.3) is 10.4 Å². The number of anilines is 2. The van der Waals surface area contributed by atoms with Gasteiger partial charge in [0.05, 0.1) is 22.4 Å². The molecule has 2 aromatic heterocycles. The van der Waals surface area contributed by atoms with Crippen molar-refractivity contribution in [2.45, 2.75) is 44.2 Å². The zero-order chi connectivity index (χ0) is 34.4. The summed E-state index contributed by atoms with van der Waals surface area (Å²) < 4.78 is 35.6. The number of thiophene rings is 1. The number of benzene rings is 2. The van der Waals surface area contributed by atoms with Crippen molar-refractivity contribution in [1.29, 1.82) is 0 Å². The largest absolute Gasteiger partial charge is 0.465 e. The van der Waals surface area contributed by atoms with Gasteiger partial charge in [-0.2, -0.15) is 0 Å². The van der Waals surface area contributed by atoms with Gasteiger partial charge in [-0.15, -0.1) is 11.3 Å². The molecule has 3 N–H and O–H groups in total. The first kappa shape index (κ1) is 34.6. The number of hydrogen-bond acceptors (Lipinski definition) is 10. The monoisotopic (exact) mass is 702 g/mol. The second-order valence-corrected chi connectivity index (χ2v) is 15.0. The summed E-state index contributed by atoms with van der Waals surface area (Å²) >= 11 is 1.15. The summed E-state index contributed by atoms with van der Waals surface area (Å²) in [6.45, 7) is 8.37. The van der Waals surface area contributed by atoms with Crippen molar-refractivity contribution in [3.63, 3.8) is 0 Å². The van der Waals surface area contributed by atoms with Crippen molar-refractivity contribution >= 4 is 44.7 Å². The number of carbonyl (C=O) groups is 2. The number of methoxy groups -OCH3 is 1. The number of piperidine rings is 1. The van der Waals surface area contributed by atoms with Crippen LogP contribution in [0.3, 0.4) is 0 Å². The Morgan fingerprint density at radius 2 is 1.63 bits per heavy atom. The summed E-state index contributed by atoms with van der Waals surface area (Å²) in [5, 5.41) is 6.35. The first-order valence-electron chi connectivity index (χ1n) is 16.6. The predicted molar refractivity (Wildman–Crippen MR) is 193 cm³/mol. The minimum atomic E-state index is -4.18. The maximum atomic E-state index is 14.1. The van der Waals surface area contributed by atoms with Gasteiger partial charge in [-0.1, -0.05) is 30.7 Å². The lowest BCUT2D eigenvalue weighted by Gasteiger charge is -2.28. The third-order valence-corrected chi connectivity index (χ3v) is 11.9. The molecule has 2 aliphatic rings. The minimum Gasteiger partial charge on any atom is -0.465 e. The standard InChI is InChI=1S/C36H42N6O5S2/c1-25-32(35(43)39-23-26-6-8-27(9-7-26)24-41-18-4-3-5-19-41)48-33(29-14-15-38-31(22-29)42-20-16-37-17-21-42)34(25)49(45,46)40-30-12-10-28(11-13-30)36(44)47-2/h6-15,22,37,40H,3-5,16-21,23-24H2,1-2H3,(H,39,43). The molecule has 0 aliphatic carbocycles. The highest BCUT2D eigenvalue weighted by Gasteiger charge is 2.30. The lowest BCUT2D eigenvalue weighted by Crippen LogP contribution is -2.43. The lowest BCUT2D eigenvalue weighted by molar-refractivity contribution is 0.0600. The molecule has 258 valence electrons. The van der Waals surface area contributed by atoms with Crippen LogP contribution in [0, 0.1) is 6.92 Å². The average Bonchev–Trinajstić information content (AvgIpc) is 3.50. The van der Waals surface area contributed by atoms with Crippen LogP contribution in [-0.2, 0) is 27.8 Å². The van der Waals surface area contributed by atoms with Crippen LogP contribution in [0.5, 0.6) is 0 Å². The first-order chi connectivity index (χ1) is 23.7. The number of rotatable bonds is 11. The Morgan fingerprint density at radius 3 is 2.33 bits per heavy atom. The van der Waals surface area contributed by atoms with E-state index in [2.05, 4.69) is 42.3 Å². The van der Waals surface area contributed by atoms with Gasteiger partial charge in [0.15, 0.2) is 0 Å². The maximum absolute atomic E-state index is 14.1. The first-order valence-corrected chi connectivity index (χ1v) is 18.9. The summed E-state index contributed by atoms with van der Waals surface area (Å²) in [7, 11) is -2.89. The van der Waals surface area contributed by atoms with E-state index < -0.39 is 16.0 Å². The van der Waals surface area contributed by atoms with Crippen molar-refractivity contribution in [1.82, 2.24) is 20.5 Å². The second-order valence-electron chi connectivity index (χ2n) is 12.4. The third kappa shape index (κ3) is 8.30. The molecule has 0 spiro atoms. The van der Waals surface area contributed by atoms with Crippen molar-refractivity contribution in [3.05, 3.63) is 94.0 Å². The number of likely N-dealkylation sites (tertiary alicyclic amines) is 1. The Morgan fingerprint density at radius 1 is 0.939 bits per heavy atom. The molecule has 0 unspecified atom stereocenters. The van der Waals surface area contributed by atoms with E-state index in [0.717, 1.165) is 68.5 Å². The average molecular weight is 703 g/mol. The van der Waals surface area contributed by atoms with Crippen LogP contribution < -0.4 is 20.3 Å². The summed E-state index contributed by atoms with van der Waals surface area (Å²) in [5.74, 6) is -0.122. The number of hydrogen-bond donors (Lipinski definition) is 3. The summed E-state index contributed by atoms with van der Waals surface area (Å²) in [5.41, 5.74) is 3.79. The molecule has 4 aromatic rings. The number of aromatic nitrogens is 1. The van der Waals surface area contributed by atoms with E-state index in [4.69, 9.17) is 4.74 Å². The van der Waals surface area contributed by atoms with E-state index in [1.165, 1.54) is 56.2 Å². The summed E-state index contributed by atoms with van der Waals surface area (Å²) in [4.78, 5) is 35.6. The number of amides is 1. The number of nitrogens with one attached hydrogen (secondary N) is 3. The van der Waals surface area contributed by atoms with Gasteiger partial charge in [0.2, 0.25) is 0 Å². The fraction of sp³-hybridized carbons (Fsp3) is 0.361. The third-order valence-electron chi connectivity index (χ3n) is 8.90. The van der Waals surface area contributed by atoms with Gasteiger partial charge in [-0.3, -0.25) is 14.4 Å².